The summed E-state index contributed by atoms with van der Waals surface area (Å²) in [5.74, 6) is -0.100. The van der Waals surface area contributed by atoms with Gasteiger partial charge < -0.3 is 4.18 Å². The summed E-state index contributed by atoms with van der Waals surface area (Å²) in [6.07, 6.45) is 1.48. The highest BCUT2D eigenvalue weighted by atomic mass is 127. The number of carbonyl (C=O) groups is 1. The van der Waals surface area contributed by atoms with Crippen LogP contribution in [-0.2, 0) is 19.1 Å². The lowest BCUT2D eigenvalue weighted by atomic mass is 9.74. The number of hydrogen-bond acceptors (Lipinski definition) is 6. The first-order valence-electron chi connectivity index (χ1n) is 9.05. The number of Topliss-reactive ketones (excluding diaryl/α,β-unsaturated/α-hetero) is 1. The molecule has 0 N–H and O–H groups in total. The van der Waals surface area contributed by atoms with Gasteiger partial charge in [0.15, 0.2) is 5.78 Å². The van der Waals surface area contributed by atoms with Crippen LogP contribution in [0.5, 0.6) is 0 Å². The molecule has 0 saturated carbocycles. The monoisotopic (exact) mass is 557 g/mol. The van der Waals surface area contributed by atoms with Gasteiger partial charge in [-0.25, -0.2) is 0 Å². The van der Waals surface area contributed by atoms with Gasteiger partial charge in [0.1, 0.15) is 10.5 Å². The Hall–Kier alpha value is -0.790. The van der Waals surface area contributed by atoms with Crippen molar-refractivity contribution >= 4 is 46.0 Å². The molecule has 156 valence electrons. The maximum atomic E-state index is 13.4. The molecule has 1 aromatic rings. The normalized spacial score (nSPS) is 35.5. The third-order valence-corrected chi connectivity index (χ3v) is 10.6. The molecule has 3 heterocycles. The molecule has 29 heavy (non-hydrogen) atoms. The van der Waals surface area contributed by atoms with E-state index in [0.717, 1.165) is 11.1 Å². The highest BCUT2D eigenvalue weighted by Gasteiger charge is 2.70. The molecule has 1 aliphatic carbocycles. The first-order valence-corrected chi connectivity index (χ1v) is 13.8. The van der Waals surface area contributed by atoms with E-state index < -0.39 is 26.4 Å². The minimum absolute atomic E-state index is 0.0422. The van der Waals surface area contributed by atoms with Crippen molar-refractivity contribution in [3.8, 4) is 0 Å². The van der Waals surface area contributed by atoms with Crippen molar-refractivity contribution in [2.75, 3.05) is 0 Å². The third-order valence-electron chi connectivity index (χ3n) is 6.37. The van der Waals surface area contributed by atoms with Crippen molar-refractivity contribution in [3.63, 3.8) is 0 Å². The number of rotatable bonds is 3. The van der Waals surface area contributed by atoms with Crippen molar-refractivity contribution in [2.45, 2.75) is 54.1 Å². The van der Waals surface area contributed by atoms with Crippen LogP contribution in [0.1, 0.15) is 48.9 Å². The number of piperidine rings is 1. The van der Waals surface area contributed by atoms with Crippen LogP contribution in [0.3, 0.4) is 0 Å². The molecule has 5 rings (SSSR count). The fourth-order valence-corrected chi connectivity index (χ4v) is 8.47. The lowest BCUT2D eigenvalue weighted by Gasteiger charge is -2.46. The molecule has 5 nitrogen and oxygen atoms in total. The number of benzene rings is 1. The van der Waals surface area contributed by atoms with Gasteiger partial charge in [0.05, 0.1) is 12.1 Å². The van der Waals surface area contributed by atoms with E-state index in [9.17, 15) is 26.4 Å². The van der Waals surface area contributed by atoms with E-state index in [1.165, 1.54) is 8.93 Å². The predicted molar refractivity (Wildman–Crippen MR) is 108 cm³/mol. The lowest BCUT2D eigenvalue weighted by Crippen LogP contribution is -2.48. The summed E-state index contributed by atoms with van der Waals surface area (Å²) in [4.78, 5) is 15.5. The number of alkyl halides is 3. The van der Waals surface area contributed by atoms with Crippen LogP contribution in [0, 0.1) is 0 Å². The molecular formula is C18H15F3INO4S2. The van der Waals surface area contributed by atoms with Gasteiger partial charge in [-0.3, -0.25) is 9.69 Å². The van der Waals surface area contributed by atoms with Crippen LogP contribution in [-0.4, -0.2) is 35.4 Å². The number of halogens is 4. The Morgan fingerprint density at radius 1 is 1.24 bits per heavy atom. The fraction of sp³-hybridized carbons (Fsp3) is 0.500. The molecular weight excluding hydrogens is 542 g/mol. The summed E-state index contributed by atoms with van der Waals surface area (Å²) >= 11 is 2.08. The molecule has 1 aromatic carbocycles. The number of nitrogens with zero attached hydrogens (tertiary/aromatic N) is 1. The van der Waals surface area contributed by atoms with Crippen LogP contribution in [0.25, 0.3) is 0 Å². The Morgan fingerprint density at radius 2 is 1.93 bits per heavy atom. The smallest absolute Gasteiger partial charge is 0.381 e. The van der Waals surface area contributed by atoms with E-state index in [4.69, 9.17) is 0 Å². The second-order valence-corrected chi connectivity index (χ2v) is 11.5. The third kappa shape index (κ3) is 2.56. The van der Waals surface area contributed by atoms with Crippen LogP contribution in [0.2, 0.25) is 0 Å². The Balaban J connectivity index is 1.64. The molecule has 0 amide bonds. The fourth-order valence-electron chi connectivity index (χ4n) is 5.34. The average molecular weight is 557 g/mol. The van der Waals surface area contributed by atoms with Gasteiger partial charge in [0, 0.05) is 12.5 Å². The summed E-state index contributed by atoms with van der Waals surface area (Å²) < 4.78 is 65.7. The Bertz CT molecular complexity index is 1060. The minimum atomic E-state index is -5.74. The molecule has 0 spiro atoms. The number of ketones is 1. The predicted octanol–water partition coefficient (Wildman–Crippen LogP) is 4.57. The van der Waals surface area contributed by atoms with E-state index in [2.05, 4.69) is 30.3 Å². The van der Waals surface area contributed by atoms with E-state index >= 15 is 0 Å². The zero-order valence-corrected chi connectivity index (χ0v) is 18.6. The second kappa shape index (κ2) is 6.36. The van der Waals surface area contributed by atoms with Crippen molar-refractivity contribution in [3.05, 3.63) is 46.7 Å². The summed E-state index contributed by atoms with van der Waals surface area (Å²) in [6.45, 7) is 0. The van der Waals surface area contributed by atoms with Gasteiger partial charge in [0.2, 0.25) is 0 Å². The molecule has 4 bridgehead atoms. The zero-order valence-electron chi connectivity index (χ0n) is 14.8. The standard InChI is InChI=1S/C18H15F3INO4S2/c19-18(20,21)29(25,26)27-13-7-3-6-12-11(13)8-17(28-22)15-10-5-2-1-4-9(10)14(16(17)24)23(12)15/h1-2,4-5,12,14-15H,3,6-8H2/t12-,14?,15?,17?/m1/s1. The molecule has 2 fully saturated rings. The molecule has 0 aromatic heterocycles. The number of carbonyl (C=O) groups excluding carboxylic acids is 1. The SMILES string of the molecule is O=C1C2c3ccccc3C3N2[C@@H]2CCCC(OS(=O)(=O)C(F)(F)F)=C2CC13SI. The Labute approximate surface area is 181 Å². The molecule has 5 atom stereocenters. The first kappa shape index (κ1) is 20.1. The van der Waals surface area contributed by atoms with Gasteiger partial charge in [-0.1, -0.05) is 33.2 Å². The molecule has 4 unspecified atom stereocenters. The highest BCUT2D eigenvalue weighted by Crippen LogP contribution is 2.68. The van der Waals surface area contributed by atoms with E-state index in [-0.39, 0.29) is 36.5 Å². The summed E-state index contributed by atoms with van der Waals surface area (Å²) in [5.41, 5.74) is -2.94. The van der Waals surface area contributed by atoms with Gasteiger partial charge in [-0.15, -0.1) is 0 Å². The molecule has 3 aliphatic heterocycles. The average Bonchev–Trinajstić information content (AvgIpc) is 3.10. The van der Waals surface area contributed by atoms with Gasteiger partial charge >= 0.3 is 15.6 Å². The molecule has 4 aliphatic rings. The number of hydrogen-bond donors (Lipinski definition) is 0. The summed E-state index contributed by atoms with van der Waals surface area (Å²) in [5, 5.41) is 0. The van der Waals surface area contributed by atoms with Gasteiger partial charge in [-0.2, -0.15) is 21.6 Å². The van der Waals surface area contributed by atoms with Gasteiger partial charge in [0.25, 0.3) is 0 Å². The quantitative estimate of drug-likeness (QED) is 0.309. The number of allylic oxidation sites excluding steroid dienone is 1. The van der Waals surface area contributed by atoms with Crippen molar-refractivity contribution in [1.29, 1.82) is 0 Å². The molecule has 11 heteroatoms. The Kier molecular flexibility index (Phi) is 4.42. The highest BCUT2D eigenvalue weighted by molar-refractivity contribution is 14.2. The second-order valence-electron chi connectivity index (χ2n) is 7.73. The maximum absolute atomic E-state index is 13.4. The molecule has 2 saturated heterocycles. The maximum Gasteiger partial charge on any atom is 0.534 e. The van der Waals surface area contributed by atoms with Crippen molar-refractivity contribution < 1.29 is 30.6 Å². The lowest BCUT2D eigenvalue weighted by molar-refractivity contribution is -0.121. The van der Waals surface area contributed by atoms with Gasteiger partial charge in [-0.05, 0) is 57.2 Å². The zero-order chi connectivity index (χ0) is 20.8. The molecule has 0 radical (unpaired) electrons. The topological polar surface area (TPSA) is 63.7 Å². The van der Waals surface area contributed by atoms with Crippen LogP contribution in [0.15, 0.2) is 35.6 Å². The van der Waals surface area contributed by atoms with Crippen LogP contribution >= 0.6 is 30.1 Å². The minimum Gasteiger partial charge on any atom is -0.381 e. The summed E-state index contributed by atoms with van der Waals surface area (Å²) in [7, 11) is -4.37. The van der Waals surface area contributed by atoms with Crippen LogP contribution < -0.4 is 0 Å². The van der Waals surface area contributed by atoms with E-state index in [1.54, 1.807) is 0 Å². The summed E-state index contributed by atoms with van der Waals surface area (Å²) in [6, 6.07) is 6.83. The first-order chi connectivity index (χ1) is 13.6. The largest absolute Gasteiger partial charge is 0.534 e. The van der Waals surface area contributed by atoms with E-state index in [0.29, 0.717) is 18.4 Å². The van der Waals surface area contributed by atoms with Crippen molar-refractivity contribution in [1.82, 2.24) is 4.90 Å². The Morgan fingerprint density at radius 3 is 2.59 bits per heavy atom. The van der Waals surface area contributed by atoms with Crippen molar-refractivity contribution in [2.24, 2.45) is 0 Å². The van der Waals surface area contributed by atoms with E-state index in [1.807, 2.05) is 24.3 Å². The van der Waals surface area contributed by atoms with Crippen LogP contribution in [0.4, 0.5) is 13.2 Å². The number of fused-ring (bicyclic) bond motifs is 3.